The summed E-state index contributed by atoms with van der Waals surface area (Å²) in [5.74, 6) is -0.135. The molecule has 0 aromatic heterocycles. The molecule has 1 atom stereocenters. The van der Waals surface area contributed by atoms with Crippen LogP contribution in [0.25, 0.3) is 0 Å². The number of benzene rings is 2. The Balaban J connectivity index is 1.49. The predicted molar refractivity (Wildman–Crippen MR) is 123 cm³/mol. The lowest BCUT2D eigenvalue weighted by molar-refractivity contribution is -0.123. The molecule has 2 aliphatic heterocycles. The van der Waals surface area contributed by atoms with Crippen LogP contribution < -0.4 is 4.90 Å². The zero-order valence-corrected chi connectivity index (χ0v) is 20.2. The van der Waals surface area contributed by atoms with Gasteiger partial charge in [-0.2, -0.15) is 4.31 Å². The van der Waals surface area contributed by atoms with Crippen LogP contribution in [0.5, 0.6) is 0 Å². The second kappa shape index (κ2) is 8.43. The minimum Gasteiger partial charge on any atom is -0.309 e. The molecule has 1 fully saturated rings. The van der Waals surface area contributed by atoms with E-state index in [1.807, 2.05) is 24.0 Å². The number of hydrogen-bond donors (Lipinski definition) is 0. The molecule has 0 aliphatic carbocycles. The normalized spacial score (nSPS) is 20.4. The van der Waals surface area contributed by atoms with Gasteiger partial charge >= 0.3 is 0 Å². The third-order valence-corrected chi connectivity index (χ3v) is 8.92. The number of hydrogen-bond acceptors (Lipinski definition) is 3. The highest BCUT2D eigenvalue weighted by atomic mass is 79.9. The van der Waals surface area contributed by atoms with E-state index < -0.39 is 10.0 Å². The van der Waals surface area contributed by atoms with Crippen molar-refractivity contribution >= 4 is 60.7 Å². The van der Waals surface area contributed by atoms with Gasteiger partial charge in [0.05, 0.1) is 5.02 Å². The van der Waals surface area contributed by atoms with Gasteiger partial charge in [-0.05, 0) is 68.1 Å². The Hall–Kier alpha value is -1.12. The number of anilines is 1. The predicted octanol–water partition coefficient (Wildman–Crippen LogP) is 5.13. The third kappa shape index (κ3) is 4.02. The van der Waals surface area contributed by atoms with Crippen LogP contribution in [0.2, 0.25) is 10.0 Å². The molecule has 30 heavy (non-hydrogen) atoms. The second-order valence-corrected chi connectivity index (χ2v) is 11.5. The number of carbonyl (C=O) groups excluding carboxylic acids is 1. The van der Waals surface area contributed by atoms with Crippen LogP contribution in [-0.4, -0.2) is 37.8 Å². The van der Waals surface area contributed by atoms with Crippen LogP contribution in [0.3, 0.4) is 0 Å². The molecule has 5 nitrogen and oxygen atoms in total. The Bertz CT molecular complexity index is 1100. The van der Waals surface area contributed by atoms with E-state index in [2.05, 4.69) is 22.0 Å². The summed E-state index contributed by atoms with van der Waals surface area (Å²) in [5.41, 5.74) is 2.11. The first kappa shape index (κ1) is 22.1. The fraction of sp³-hybridized carbons (Fsp3) is 0.381. The lowest BCUT2D eigenvalue weighted by Crippen LogP contribution is -2.46. The molecule has 2 heterocycles. The van der Waals surface area contributed by atoms with Crippen LogP contribution in [-0.2, 0) is 21.2 Å². The fourth-order valence-electron chi connectivity index (χ4n) is 4.29. The van der Waals surface area contributed by atoms with Crippen molar-refractivity contribution in [1.29, 1.82) is 0 Å². The van der Waals surface area contributed by atoms with Gasteiger partial charge in [0.2, 0.25) is 15.9 Å². The SMILES string of the molecule is C[C@H]1Cc2cc(Br)ccc2N1C(=O)C1CCN(S(=O)(=O)c2cc(Cl)ccc2Cl)CC1. The summed E-state index contributed by atoms with van der Waals surface area (Å²) in [6.45, 7) is 2.60. The van der Waals surface area contributed by atoms with E-state index >= 15 is 0 Å². The van der Waals surface area contributed by atoms with Crippen molar-refractivity contribution in [3.8, 4) is 0 Å². The molecule has 2 aromatic carbocycles. The van der Waals surface area contributed by atoms with Crippen molar-refractivity contribution in [3.63, 3.8) is 0 Å². The summed E-state index contributed by atoms with van der Waals surface area (Å²) < 4.78 is 28.4. The van der Waals surface area contributed by atoms with E-state index in [1.165, 1.54) is 16.4 Å². The maximum Gasteiger partial charge on any atom is 0.244 e. The minimum absolute atomic E-state index is 0.00844. The highest BCUT2D eigenvalue weighted by Crippen LogP contribution is 2.37. The second-order valence-electron chi connectivity index (χ2n) is 7.79. The smallest absolute Gasteiger partial charge is 0.244 e. The largest absolute Gasteiger partial charge is 0.309 e. The molecule has 0 bridgehead atoms. The van der Waals surface area contributed by atoms with Crippen molar-refractivity contribution in [1.82, 2.24) is 4.31 Å². The Labute approximate surface area is 195 Å². The van der Waals surface area contributed by atoms with Gasteiger partial charge in [0, 0.05) is 40.2 Å². The lowest BCUT2D eigenvalue weighted by Gasteiger charge is -2.34. The average Bonchev–Trinajstić information content (AvgIpc) is 3.04. The monoisotopic (exact) mass is 530 g/mol. The molecule has 9 heteroatoms. The standard InChI is InChI=1S/C21H21BrCl2N2O3S/c1-13-10-15-11-16(22)2-5-19(15)26(13)21(27)14-6-8-25(9-7-14)30(28,29)20-12-17(23)3-4-18(20)24/h2-5,11-14H,6-10H2,1H3/t13-/m0/s1. The molecular formula is C21H21BrCl2N2O3S. The van der Waals surface area contributed by atoms with Crippen LogP contribution in [0.4, 0.5) is 5.69 Å². The number of nitrogens with zero attached hydrogens (tertiary/aromatic N) is 2. The summed E-state index contributed by atoms with van der Waals surface area (Å²) >= 11 is 15.6. The molecule has 1 saturated heterocycles. The third-order valence-electron chi connectivity index (χ3n) is 5.81. The van der Waals surface area contributed by atoms with Crippen LogP contribution in [0, 0.1) is 5.92 Å². The highest BCUT2D eigenvalue weighted by molar-refractivity contribution is 9.10. The van der Waals surface area contributed by atoms with Crippen LogP contribution in [0.1, 0.15) is 25.3 Å². The number of halogens is 3. The minimum atomic E-state index is -3.76. The Morgan fingerprint density at radius 2 is 1.80 bits per heavy atom. The molecule has 2 aromatic rings. The number of piperidine rings is 1. The van der Waals surface area contributed by atoms with E-state index in [9.17, 15) is 13.2 Å². The van der Waals surface area contributed by atoms with Gasteiger partial charge in [-0.3, -0.25) is 4.79 Å². The summed E-state index contributed by atoms with van der Waals surface area (Å²) in [7, 11) is -3.76. The van der Waals surface area contributed by atoms with Crippen LogP contribution >= 0.6 is 39.1 Å². The van der Waals surface area contributed by atoms with E-state index in [0.29, 0.717) is 17.9 Å². The number of fused-ring (bicyclic) bond motifs is 1. The number of rotatable bonds is 3. The zero-order valence-electron chi connectivity index (χ0n) is 16.3. The molecule has 0 radical (unpaired) electrons. The van der Waals surface area contributed by atoms with Crippen LogP contribution in [0.15, 0.2) is 45.8 Å². The van der Waals surface area contributed by atoms with Gasteiger partial charge in [0.25, 0.3) is 0 Å². The first-order valence-corrected chi connectivity index (χ1v) is 12.7. The Kier molecular flexibility index (Phi) is 6.21. The summed E-state index contributed by atoms with van der Waals surface area (Å²) in [6, 6.07) is 10.5. The van der Waals surface area contributed by atoms with Crippen molar-refractivity contribution in [3.05, 3.63) is 56.5 Å². The van der Waals surface area contributed by atoms with Gasteiger partial charge in [0.1, 0.15) is 4.90 Å². The molecule has 0 spiro atoms. The van der Waals surface area contributed by atoms with Crippen molar-refractivity contribution in [2.45, 2.75) is 37.1 Å². The van der Waals surface area contributed by atoms with Crippen molar-refractivity contribution in [2.75, 3.05) is 18.0 Å². The molecule has 0 saturated carbocycles. The Morgan fingerprint density at radius 3 is 2.50 bits per heavy atom. The Morgan fingerprint density at radius 1 is 1.10 bits per heavy atom. The first-order chi connectivity index (χ1) is 14.2. The van der Waals surface area contributed by atoms with Gasteiger partial charge < -0.3 is 4.90 Å². The zero-order chi connectivity index (χ0) is 21.6. The van der Waals surface area contributed by atoms with Crippen molar-refractivity contribution in [2.24, 2.45) is 5.92 Å². The van der Waals surface area contributed by atoms with Gasteiger partial charge in [-0.15, -0.1) is 0 Å². The average molecular weight is 532 g/mol. The van der Waals surface area contributed by atoms with E-state index in [-0.39, 0.29) is 40.9 Å². The number of sulfonamides is 1. The van der Waals surface area contributed by atoms with Gasteiger partial charge in [-0.1, -0.05) is 39.1 Å². The molecule has 1 amide bonds. The molecule has 160 valence electrons. The number of amides is 1. The van der Waals surface area contributed by atoms with Crippen molar-refractivity contribution < 1.29 is 13.2 Å². The molecular weight excluding hydrogens is 511 g/mol. The van der Waals surface area contributed by atoms with E-state index in [1.54, 1.807) is 6.07 Å². The molecule has 0 N–H and O–H groups in total. The summed E-state index contributed by atoms with van der Waals surface area (Å²) in [6.07, 6.45) is 1.78. The summed E-state index contributed by atoms with van der Waals surface area (Å²) in [5, 5.41) is 0.461. The molecule has 0 unspecified atom stereocenters. The maximum absolute atomic E-state index is 13.3. The van der Waals surface area contributed by atoms with E-state index in [0.717, 1.165) is 22.1 Å². The fourth-order valence-corrected chi connectivity index (χ4v) is 6.90. The maximum atomic E-state index is 13.3. The lowest BCUT2D eigenvalue weighted by atomic mass is 9.96. The molecule has 4 rings (SSSR count). The first-order valence-electron chi connectivity index (χ1n) is 9.75. The highest BCUT2D eigenvalue weighted by Gasteiger charge is 2.38. The quantitative estimate of drug-likeness (QED) is 0.551. The topological polar surface area (TPSA) is 57.7 Å². The molecule has 2 aliphatic rings. The van der Waals surface area contributed by atoms with Gasteiger partial charge in [0.15, 0.2) is 0 Å². The van der Waals surface area contributed by atoms with Gasteiger partial charge in [-0.25, -0.2) is 8.42 Å². The number of carbonyl (C=O) groups is 1. The summed E-state index contributed by atoms with van der Waals surface area (Å²) in [4.78, 5) is 15.2. The van der Waals surface area contributed by atoms with E-state index in [4.69, 9.17) is 23.2 Å².